The lowest BCUT2D eigenvalue weighted by Crippen LogP contribution is -2.21. The van der Waals surface area contributed by atoms with Crippen LogP contribution in [0.3, 0.4) is 0 Å². The fourth-order valence-corrected chi connectivity index (χ4v) is 2.51. The number of hydrogen-bond donors (Lipinski definition) is 1. The van der Waals surface area contributed by atoms with Crippen molar-refractivity contribution in [3.63, 3.8) is 0 Å². The summed E-state index contributed by atoms with van der Waals surface area (Å²) in [4.78, 5) is 4.06. The van der Waals surface area contributed by atoms with Gasteiger partial charge < -0.3 is 5.32 Å². The number of benzene rings is 1. The summed E-state index contributed by atoms with van der Waals surface area (Å²) < 4.78 is 0. The summed E-state index contributed by atoms with van der Waals surface area (Å²) in [6.07, 6.45) is 5.78. The van der Waals surface area contributed by atoms with E-state index >= 15 is 0 Å². The number of nitrogens with one attached hydrogen (secondary N) is 1. The van der Waals surface area contributed by atoms with Gasteiger partial charge in [-0.2, -0.15) is 0 Å². The molecule has 0 saturated carbocycles. The number of hydrogen-bond acceptors (Lipinski definition) is 2. The predicted molar refractivity (Wildman–Crippen MR) is 85.2 cm³/mol. The average molecular weight is 289 g/mol. The summed E-state index contributed by atoms with van der Waals surface area (Å²) in [5.74, 6) is 0. The van der Waals surface area contributed by atoms with Crippen LogP contribution >= 0.6 is 11.6 Å². The van der Waals surface area contributed by atoms with Crippen molar-refractivity contribution in [1.29, 1.82) is 0 Å². The number of aromatic nitrogens is 1. The molecule has 1 N–H and O–H groups in total. The van der Waals surface area contributed by atoms with E-state index in [1.807, 2.05) is 19.3 Å². The van der Waals surface area contributed by atoms with E-state index < -0.39 is 0 Å². The number of halogens is 1. The Morgan fingerprint density at radius 2 is 1.95 bits per heavy atom. The molecule has 0 radical (unpaired) electrons. The van der Waals surface area contributed by atoms with Gasteiger partial charge in [0, 0.05) is 23.5 Å². The Morgan fingerprint density at radius 3 is 2.60 bits per heavy atom. The lowest BCUT2D eigenvalue weighted by molar-refractivity contribution is 0.515. The van der Waals surface area contributed by atoms with Crippen molar-refractivity contribution in [2.24, 2.45) is 0 Å². The van der Waals surface area contributed by atoms with Gasteiger partial charge in [0.25, 0.3) is 0 Å². The topological polar surface area (TPSA) is 24.9 Å². The third kappa shape index (κ3) is 4.06. The van der Waals surface area contributed by atoms with E-state index in [1.165, 1.54) is 11.1 Å². The summed E-state index contributed by atoms with van der Waals surface area (Å²) in [6, 6.07) is 10.8. The van der Waals surface area contributed by atoms with E-state index in [1.54, 1.807) is 0 Å². The van der Waals surface area contributed by atoms with Crippen LogP contribution in [-0.2, 0) is 6.42 Å². The molecule has 1 unspecified atom stereocenters. The van der Waals surface area contributed by atoms with Gasteiger partial charge in [0.1, 0.15) is 0 Å². The van der Waals surface area contributed by atoms with Crippen molar-refractivity contribution in [1.82, 2.24) is 10.3 Å². The number of pyridine rings is 1. The van der Waals surface area contributed by atoms with Crippen LogP contribution in [0.2, 0.25) is 5.02 Å². The molecule has 0 saturated heterocycles. The molecule has 1 atom stereocenters. The van der Waals surface area contributed by atoms with Crippen molar-refractivity contribution in [2.45, 2.75) is 32.7 Å². The molecular weight excluding hydrogens is 268 g/mol. The van der Waals surface area contributed by atoms with Crippen LogP contribution in [0.4, 0.5) is 0 Å². The minimum absolute atomic E-state index is 0.339. The SMILES string of the molecule is CCNC(CCc1ccncc1)c1ccc(C)c(Cl)c1. The molecule has 0 aliphatic rings. The molecule has 20 heavy (non-hydrogen) atoms. The first kappa shape index (κ1) is 15.0. The molecule has 0 spiro atoms. The van der Waals surface area contributed by atoms with Crippen LogP contribution in [-0.4, -0.2) is 11.5 Å². The van der Waals surface area contributed by atoms with Crippen molar-refractivity contribution in [3.8, 4) is 0 Å². The van der Waals surface area contributed by atoms with Crippen molar-refractivity contribution < 1.29 is 0 Å². The average Bonchev–Trinajstić information content (AvgIpc) is 2.47. The van der Waals surface area contributed by atoms with Crippen LogP contribution < -0.4 is 5.32 Å². The fourth-order valence-electron chi connectivity index (χ4n) is 2.32. The summed E-state index contributed by atoms with van der Waals surface area (Å²) >= 11 is 6.24. The fraction of sp³-hybridized carbons (Fsp3) is 0.353. The van der Waals surface area contributed by atoms with Crippen LogP contribution in [0.25, 0.3) is 0 Å². The Labute approximate surface area is 126 Å². The smallest absolute Gasteiger partial charge is 0.0438 e. The van der Waals surface area contributed by atoms with Gasteiger partial charge in [-0.15, -0.1) is 0 Å². The lowest BCUT2D eigenvalue weighted by Gasteiger charge is -2.19. The molecule has 3 heteroatoms. The Balaban J connectivity index is 2.08. The van der Waals surface area contributed by atoms with Gasteiger partial charge in [0.2, 0.25) is 0 Å². The van der Waals surface area contributed by atoms with Crippen LogP contribution in [0.1, 0.15) is 36.1 Å². The Bertz CT molecular complexity index is 540. The molecule has 2 rings (SSSR count). The molecule has 0 aliphatic carbocycles. The molecule has 0 fully saturated rings. The zero-order valence-corrected chi connectivity index (χ0v) is 12.8. The van der Waals surface area contributed by atoms with Gasteiger partial charge in [0.15, 0.2) is 0 Å². The summed E-state index contributed by atoms with van der Waals surface area (Å²) in [5.41, 5.74) is 3.71. The van der Waals surface area contributed by atoms with Crippen molar-refractivity contribution in [3.05, 3.63) is 64.4 Å². The van der Waals surface area contributed by atoms with Gasteiger partial charge in [-0.3, -0.25) is 4.98 Å². The first-order chi connectivity index (χ1) is 9.70. The normalized spacial score (nSPS) is 12.3. The molecule has 1 aromatic carbocycles. The predicted octanol–water partition coefficient (Wildman–Crippen LogP) is 4.33. The summed E-state index contributed by atoms with van der Waals surface area (Å²) in [7, 11) is 0. The van der Waals surface area contributed by atoms with E-state index in [0.717, 1.165) is 30.0 Å². The largest absolute Gasteiger partial charge is 0.310 e. The molecule has 2 aromatic rings. The monoisotopic (exact) mass is 288 g/mol. The molecule has 2 nitrogen and oxygen atoms in total. The van der Waals surface area contributed by atoms with Gasteiger partial charge in [-0.05, 0) is 61.2 Å². The Hall–Kier alpha value is -1.38. The summed E-state index contributed by atoms with van der Waals surface area (Å²) in [5, 5.41) is 4.38. The maximum Gasteiger partial charge on any atom is 0.0438 e. The minimum atomic E-state index is 0.339. The first-order valence-electron chi connectivity index (χ1n) is 7.09. The lowest BCUT2D eigenvalue weighted by atomic mass is 9.98. The molecule has 106 valence electrons. The number of aryl methyl sites for hydroxylation is 2. The van der Waals surface area contributed by atoms with Gasteiger partial charge in [0.05, 0.1) is 0 Å². The standard InChI is InChI=1S/C17H21ClN2/c1-3-20-17(7-5-14-8-10-19-11-9-14)15-6-4-13(2)16(18)12-15/h4,6,8-12,17,20H,3,5,7H2,1-2H3. The van der Waals surface area contributed by atoms with Crippen molar-refractivity contribution in [2.75, 3.05) is 6.54 Å². The first-order valence-corrected chi connectivity index (χ1v) is 7.47. The zero-order chi connectivity index (χ0) is 14.4. The number of nitrogens with zero attached hydrogens (tertiary/aromatic N) is 1. The van der Waals surface area contributed by atoms with Gasteiger partial charge >= 0.3 is 0 Å². The molecule has 1 aromatic heterocycles. The van der Waals surface area contributed by atoms with E-state index in [9.17, 15) is 0 Å². The second-order valence-corrected chi connectivity index (χ2v) is 5.42. The zero-order valence-electron chi connectivity index (χ0n) is 12.1. The second kappa shape index (κ2) is 7.41. The highest BCUT2D eigenvalue weighted by molar-refractivity contribution is 6.31. The van der Waals surface area contributed by atoms with Gasteiger partial charge in [-0.1, -0.05) is 30.7 Å². The maximum absolute atomic E-state index is 6.24. The summed E-state index contributed by atoms with van der Waals surface area (Å²) in [6.45, 7) is 5.12. The van der Waals surface area contributed by atoms with E-state index in [0.29, 0.717) is 6.04 Å². The second-order valence-electron chi connectivity index (χ2n) is 5.01. The highest BCUT2D eigenvalue weighted by Gasteiger charge is 2.11. The van der Waals surface area contributed by atoms with Crippen LogP contribution in [0.5, 0.6) is 0 Å². The third-order valence-corrected chi connectivity index (χ3v) is 3.93. The molecule has 0 aliphatic heterocycles. The van der Waals surface area contributed by atoms with Crippen LogP contribution in [0, 0.1) is 6.92 Å². The Morgan fingerprint density at radius 1 is 1.20 bits per heavy atom. The molecule has 0 bridgehead atoms. The van der Waals surface area contributed by atoms with Gasteiger partial charge in [-0.25, -0.2) is 0 Å². The Kier molecular flexibility index (Phi) is 5.57. The molecule has 0 amide bonds. The highest BCUT2D eigenvalue weighted by Crippen LogP contribution is 2.24. The highest BCUT2D eigenvalue weighted by atomic mass is 35.5. The third-order valence-electron chi connectivity index (χ3n) is 3.52. The van der Waals surface area contributed by atoms with E-state index in [2.05, 4.69) is 47.6 Å². The molecule has 1 heterocycles. The van der Waals surface area contributed by atoms with E-state index in [4.69, 9.17) is 11.6 Å². The molecular formula is C17H21ClN2. The quantitative estimate of drug-likeness (QED) is 0.856. The number of rotatable bonds is 6. The van der Waals surface area contributed by atoms with Crippen molar-refractivity contribution >= 4 is 11.6 Å². The maximum atomic E-state index is 6.24. The van der Waals surface area contributed by atoms with E-state index in [-0.39, 0.29) is 0 Å². The minimum Gasteiger partial charge on any atom is -0.310 e. The van der Waals surface area contributed by atoms with Crippen LogP contribution in [0.15, 0.2) is 42.7 Å².